The van der Waals surface area contributed by atoms with E-state index in [9.17, 15) is 9.90 Å². The zero-order chi connectivity index (χ0) is 22.4. The fraction of sp³-hybridized carbons (Fsp3) is 0.318. The number of oxazole rings is 1. The number of hydrogen-bond donors (Lipinski definition) is 2. The molecule has 4 heterocycles. The summed E-state index contributed by atoms with van der Waals surface area (Å²) >= 11 is 0. The molecule has 0 radical (unpaired) electrons. The molecular weight excluding hydrogens is 410 g/mol. The van der Waals surface area contributed by atoms with Gasteiger partial charge in [-0.25, -0.2) is 15.0 Å². The van der Waals surface area contributed by atoms with Crippen molar-refractivity contribution in [3.63, 3.8) is 0 Å². The van der Waals surface area contributed by atoms with Gasteiger partial charge in [0.25, 0.3) is 5.91 Å². The van der Waals surface area contributed by atoms with E-state index in [0.29, 0.717) is 42.4 Å². The van der Waals surface area contributed by atoms with Crippen LogP contribution in [-0.4, -0.2) is 54.9 Å². The van der Waals surface area contributed by atoms with E-state index in [1.54, 1.807) is 37.0 Å². The number of aryl methyl sites for hydroxylation is 3. The number of benzene rings is 1. The third-order valence-corrected chi connectivity index (χ3v) is 5.61. The van der Waals surface area contributed by atoms with Gasteiger partial charge in [0, 0.05) is 31.7 Å². The summed E-state index contributed by atoms with van der Waals surface area (Å²) in [4.78, 5) is 28.0. The summed E-state index contributed by atoms with van der Waals surface area (Å²) in [5.41, 5.74) is 3.32. The fourth-order valence-electron chi connectivity index (χ4n) is 3.98. The standard InChI is InChI=1S/C22H23N7O3/c1-12-20(32-22(25-12)16-4-6-23-13(2)26-16)21(31)27-17-9-18-14(10-24-28(18)3)8-19(17)29-7-5-15(30)11-29/h4,6,8-10,15,30H,5,7,11H2,1-3H3,(H,27,31). The number of rotatable bonds is 4. The first-order valence-electron chi connectivity index (χ1n) is 10.4. The number of β-amino-alcohol motifs (C(OH)–C–C–N with tert-alkyl or cyclic N) is 1. The first kappa shape index (κ1) is 20.1. The highest BCUT2D eigenvalue weighted by Gasteiger charge is 2.26. The van der Waals surface area contributed by atoms with Gasteiger partial charge in [0.1, 0.15) is 11.5 Å². The van der Waals surface area contributed by atoms with Crippen molar-refractivity contribution in [2.45, 2.75) is 26.4 Å². The molecule has 0 saturated carbocycles. The van der Waals surface area contributed by atoms with Crippen LogP contribution in [0.15, 0.2) is 35.0 Å². The van der Waals surface area contributed by atoms with Gasteiger partial charge in [0.15, 0.2) is 0 Å². The number of amides is 1. The summed E-state index contributed by atoms with van der Waals surface area (Å²) in [6.45, 7) is 4.71. The predicted octanol–water partition coefficient (Wildman–Crippen LogP) is 2.46. The molecule has 3 aromatic heterocycles. The molecule has 1 saturated heterocycles. The van der Waals surface area contributed by atoms with Crippen molar-refractivity contribution in [3.8, 4) is 11.6 Å². The van der Waals surface area contributed by atoms with Gasteiger partial charge in [-0.15, -0.1) is 0 Å². The number of aromatic nitrogens is 5. The lowest BCUT2D eigenvalue weighted by Gasteiger charge is -2.22. The Bertz CT molecular complexity index is 1330. The van der Waals surface area contributed by atoms with Crippen molar-refractivity contribution in [2.75, 3.05) is 23.3 Å². The van der Waals surface area contributed by atoms with E-state index in [2.05, 4.69) is 30.3 Å². The first-order valence-corrected chi connectivity index (χ1v) is 10.4. The van der Waals surface area contributed by atoms with Gasteiger partial charge < -0.3 is 19.7 Å². The monoisotopic (exact) mass is 433 g/mol. The second-order valence-electron chi connectivity index (χ2n) is 7.96. The Morgan fingerprint density at radius 2 is 2.12 bits per heavy atom. The Kier molecular flexibility index (Phi) is 4.86. The molecule has 0 spiro atoms. The number of fused-ring (bicyclic) bond motifs is 1. The number of anilines is 2. The molecule has 4 aromatic rings. The highest BCUT2D eigenvalue weighted by atomic mass is 16.4. The predicted molar refractivity (Wildman–Crippen MR) is 119 cm³/mol. The van der Waals surface area contributed by atoms with Crippen molar-refractivity contribution in [3.05, 3.63) is 47.9 Å². The minimum absolute atomic E-state index is 0.119. The van der Waals surface area contributed by atoms with Crippen LogP contribution < -0.4 is 10.2 Å². The number of carbonyl (C=O) groups is 1. The number of nitrogens with one attached hydrogen (secondary N) is 1. The van der Waals surface area contributed by atoms with Crippen LogP contribution in [0.1, 0.15) is 28.5 Å². The van der Waals surface area contributed by atoms with E-state index in [-0.39, 0.29) is 11.7 Å². The van der Waals surface area contributed by atoms with Crippen LogP contribution in [-0.2, 0) is 7.05 Å². The molecule has 1 fully saturated rings. The second kappa shape index (κ2) is 7.72. The first-order chi connectivity index (χ1) is 15.4. The van der Waals surface area contributed by atoms with Crippen LogP contribution >= 0.6 is 0 Å². The van der Waals surface area contributed by atoms with Crippen molar-refractivity contribution in [1.82, 2.24) is 24.7 Å². The number of aliphatic hydroxyl groups is 1. The van der Waals surface area contributed by atoms with Gasteiger partial charge in [-0.2, -0.15) is 5.10 Å². The molecule has 2 N–H and O–H groups in total. The summed E-state index contributed by atoms with van der Waals surface area (Å²) < 4.78 is 7.54. The van der Waals surface area contributed by atoms with Crippen LogP contribution in [0, 0.1) is 13.8 Å². The zero-order valence-corrected chi connectivity index (χ0v) is 18.0. The van der Waals surface area contributed by atoms with Gasteiger partial charge in [-0.3, -0.25) is 9.48 Å². The van der Waals surface area contributed by atoms with Crippen molar-refractivity contribution >= 4 is 28.2 Å². The van der Waals surface area contributed by atoms with Gasteiger partial charge >= 0.3 is 0 Å². The smallest absolute Gasteiger partial charge is 0.293 e. The van der Waals surface area contributed by atoms with Gasteiger partial charge in [0.05, 0.1) is 34.9 Å². The molecule has 164 valence electrons. The normalized spacial score (nSPS) is 16.1. The van der Waals surface area contributed by atoms with E-state index in [0.717, 1.165) is 16.6 Å². The molecule has 1 unspecified atom stereocenters. The number of aliphatic hydroxyl groups excluding tert-OH is 1. The quantitative estimate of drug-likeness (QED) is 0.503. The SMILES string of the molecule is Cc1nccc(-c2nc(C)c(C(=O)Nc3cc4c(cnn4C)cc3N3CCC(O)C3)o2)n1. The van der Waals surface area contributed by atoms with Crippen molar-refractivity contribution in [2.24, 2.45) is 7.05 Å². The Morgan fingerprint density at radius 1 is 1.28 bits per heavy atom. The van der Waals surface area contributed by atoms with Crippen LogP contribution in [0.5, 0.6) is 0 Å². The maximum Gasteiger partial charge on any atom is 0.293 e. The van der Waals surface area contributed by atoms with E-state index >= 15 is 0 Å². The van der Waals surface area contributed by atoms with E-state index < -0.39 is 12.0 Å². The number of nitrogens with zero attached hydrogens (tertiary/aromatic N) is 6. The Labute approximate surface area is 183 Å². The van der Waals surface area contributed by atoms with Gasteiger partial charge in [-0.1, -0.05) is 0 Å². The molecule has 1 amide bonds. The average molecular weight is 433 g/mol. The van der Waals surface area contributed by atoms with Crippen molar-refractivity contribution < 1.29 is 14.3 Å². The molecule has 1 atom stereocenters. The molecule has 0 aliphatic carbocycles. The van der Waals surface area contributed by atoms with Crippen LogP contribution in [0.2, 0.25) is 0 Å². The summed E-state index contributed by atoms with van der Waals surface area (Å²) in [7, 11) is 1.85. The lowest BCUT2D eigenvalue weighted by Crippen LogP contribution is -2.23. The molecule has 5 rings (SSSR count). The molecule has 32 heavy (non-hydrogen) atoms. The topological polar surface area (TPSA) is 122 Å². The number of carbonyl (C=O) groups excluding carboxylic acids is 1. The molecule has 10 nitrogen and oxygen atoms in total. The molecule has 1 aromatic carbocycles. The molecule has 1 aliphatic rings. The summed E-state index contributed by atoms with van der Waals surface area (Å²) in [5, 5.41) is 18.3. The highest BCUT2D eigenvalue weighted by Crippen LogP contribution is 2.34. The maximum absolute atomic E-state index is 13.2. The largest absolute Gasteiger partial charge is 0.429 e. The lowest BCUT2D eigenvalue weighted by atomic mass is 10.1. The van der Waals surface area contributed by atoms with E-state index in [1.807, 2.05) is 19.2 Å². The Morgan fingerprint density at radius 3 is 2.88 bits per heavy atom. The van der Waals surface area contributed by atoms with Crippen LogP contribution in [0.4, 0.5) is 11.4 Å². The average Bonchev–Trinajstić information content (AvgIpc) is 3.46. The van der Waals surface area contributed by atoms with E-state index in [4.69, 9.17) is 4.42 Å². The highest BCUT2D eigenvalue weighted by molar-refractivity contribution is 6.06. The third-order valence-electron chi connectivity index (χ3n) is 5.61. The van der Waals surface area contributed by atoms with Crippen LogP contribution in [0.25, 0.3) is 22.5 Å². The van der Waals surface area contributed by atoms with Crippen molar-refractivity contribution in [1.29, 1.82) is 0 Å². The fourth-order valence-corrected chi connectivity index (χ4v) is 3.98. The lowest BCUT2D eigenvalue weighted by molar-refractivity contribution is 0.0996. The van der Waals surface area contributed by atoms with E-state index in [1.165, 1.54) is 0 Å². The zero-order valence-electron chi connectivity index (χ0n) is 18.0. The number of hydrogen-bond acceptors (Lipinski definition) is 8. The minimum Gasteiger partial charge on any atom is -0.429 e. The van der Waals surface area contributed by atoms with Crippen LogP contribution in [0.3, 0.4) is 0 Å². The minimum atomic E-state index is -0.408. The Balaban J connectivity index is 1.50. The molecule has 10 heteroatoms. The Hall–Kier alpha value is -3.79. The summed E-state index contributed by atoms with van der Waals surface area (Å²) in [5.74, 6) is 0.567. The third kappa shape index (κ3) is 3.58. The molecule has 0 bridgehead atoms. The second-order valence-corrected chi connectivity index (χ2v) is 7.96. The molecule has 1 aliphatic heterocycles. The molecular formula is C22H23N7O3. The van der Waals surface area contributed by atoms with Gasteiger partial charge in [-0.05, 0) is 38.5 Å². The summed E-state index contributed by atoms with van der Waals surface area (Å²) in [6, 6.07) is 5.56. The van der Waals surface area contributed by atoms with Gasteiger partial charge in [0.2, 0.25) is 11.7 Å². The summed E-state index contributed by atoms with van der Waals surface area (Å²) in [6.07, 6.45) is 3.70. The maximum atomic E-state index is 13.2.